The molecule has 0 radical (unpaired) electrons. The smallest absolute Gasteiger partial charge is 0.317 e. The molecule has 1 aliphatic carbocycles. The van der Waals surface area contributed by atoms with Crippen LogP contribution in [0.1, 0.15) is 43.9 Å². The van der Waals surface area contributed by atoms with E-state index in [0.717, 1.165) is 52.5 Å². The highest BCUT2D eigenvalue weighted by Gasteiger charge is 2.48. The van der Waals surface area contributed by atoms with Gasteiger partial charge in [0.25, 0.3) is 0 Å². The number of piperidine rings is 1. The Labute approximate surface area is 148 Å². The van der Waals surface area contributed by atoms with Crippen LogP contribution in [0.2, 0.25) is 4.34 Å². The van der Waals surface area contributed by atoms with Crippen LogP contribution in [0.15, 0.2) is 12.1 Å². The third-order valence-electron chi connectivity index (χ3n) is 5.82. The lowest BCUT2D eigenvalue weighted by Gasteiger charge is -2.42. The van der Waals surface area contributed by atoms with E-state index >= 15 is 0 Å². The zero-order chi connectivity index (χ0) is 16.7. The summed E-state index contributed by atoms with van der Waals surface area (Å²) in [6.07, 6.45) is 5.42. The van der Waals surface area contributed by atoms with Gasteiger partial charge in [-0.2, -0.15) is 0 Å². The Kier molecular flexibility index (Phi) is 4.78. The summed E-state index contributed by atoms with van der Waals surface area (Å²) in [4.78, 5) is 14.1. The van der Waals surface area contributed by atoms with E-state index < -0.39 is 5.41 Å². The minimum absolute atomic E-state index is 0.0436. The van der Waals surface area contributed by atoms with Crippen molar-refractivity contribution in [1.29, 1.82) is 0 Å². The second-order valence-corrected chi connectivity index (χ2v) is 9.64. The lowest BCUT2D eigenvalue weighted by molar-refractivity contribution is -0.896. The molecule has 1 aromatic heterocycles. The van der Waals surface area contributed by atoms with Crippen LogP contribution in [0.3, 0.4) is 0 Å². The van der Waals surface area contributed by atoms with Gasteiger partial charge < -0.3 is 9.22 Å². The van der Waals surface area contributed by atoms with Crippen LogP contribution in [0, 0.1) is 5.92 Å². The molecule has 1 saturated heterocycles. The standard InChI is InChI=1S/C18H27ClNO2S/c1-18(13-5-4-6-13,15-7-8-16(19)23-15)17(21)22-14-9-11-20(2,3)12-10-14/h7-8,13-14H,4-6,9-12H2,1-3H3/q+1. The quantitative estimate of drug-likeness (QED) is 0.595. The number of nitrogens with zero attached hydrogens (tertiary/aromatic N) is 1. The Morgan fingerprint density at radius 2 is 1.91 bits per heavy atom. The first-order chi connectivity index (χ1) is 10.8. The van der Waals surface area contributed by atoms with Crippen LogP contribution in [0.4, 0.5) is 0 Å². The number of quaternary nitrogens is 1. The van der Waals surface area contributed by atoms with Crippen molar-refractivity contribution in [3.8, 4) is 0 Å². The van der Waals surface area contributed by atoms with Gasteiger partial charge in [0.05, 0.1) is 31.5 Å². The molecule has 5 heteroatoms. The van der Waals surface area contributed by atoms with E-state index in [2.05, 4.69) is 21.0 Å². The highest BCUT2D eigenvalue weighted by molar-refractivity contribution is 7.16. The number of esters is 1. The molecular formula is C18H27ClNO2S+. The van der Waals surface area contributed by atoms with E-state index in [0.29, 0.717) is 5.92 Å². The van der Waals surface area contributed by atoms with Gasteiger partial charge in [0.15, 0.2) is 0 Å². The number of likely N-dealkylation sites (tertiary alicyclic amines) is 1. The lowest BCUT2D eigenvalue weighted by atomic mass is 9.65. The van der Waals surface area contributed by atoms with Gasteiger partial charge in [-0.3, -0.25) is 4.79 Å². The maximum absolute atomic E-state index is 13.1. The van der Waals surface area contributed by atoms with Crippen molar-refractivity contribution in [2.75, 3.05) is 27.2 Å². The zero-order valence-electron chi connectivity index (χ0n) is 14.3. The van der Waals surface area contributed by atoms with Gasteiger partial charge in [-0.15, -0.1) is 11.3 Å². The van der Waals surface area contributed by atoms with Crippen molar-refractivity contribution in [3.05, 3.63) is 21.3 Å². The summed E-state index contributed by atoms with van der Waals surface area (Å²) in [6, 6.07) is 3.90. The molecule has 23 heavy (non-hydrogen) atoms. The van der Waals surface area contributed by atoms with Crippen LogP contribution >= 0.6 is 22.9 Å². The fraction of sp³-hybridized carbons (Fsp3) is 0.722. The summed E-state index contributed by atoms with van der Waals surface area (Å²) >= 11 is 7.65. The van der Waals surface area contributed by atoms with Crippen LogP contribution in [0.5, 0.6) is 0 Å². The summed E-state index contributed by atoms with van der Waals surface area (Å²) in [6.45, 7) is 4.20. The van der Waals surface area contributed by atoms with Crippen molar-refractivity contribution in [1.82, 2.24) is 0 Å². The first-order valence-electron chi connectivity index (χ1n) is 8.60. The normalized spacial score (nSPS) is 24.7. The van der Waals surface area contributed by atoms with Crippen molar-refractivity contribution in [3.63, 3.8) is 0 Å². The number of ether oxygens (including phenoxy) is 1. The molecule has 2 aliphatic rings. The van der Waals surface area contributed by atoms with Gasteiger partial charge in [-0.05, 0) is 37.8 Å². The molecule has 0 N–H and O–H groups in total. The predicted molar refractivity (Wildman–Crippen MR) is 95.0 cm³/mol. The SMILES string of the molecule is CC(C(=O)OC1CC[N+](C)(C)CC1)(c1ccc(Cl)s1)C1CCC1. The van der Waals surface area contributed by atoms with Crippen molar-refractivity contribution in [2.45, 2.75) is 50.5 Å². The van der Waals surface area contributed by atoms with Crippen LogP contribution in [0.25, 0.3) is 0 Å². The highest BCUT2D eigenvalue weighted by atomic mass is 35.5. The molecule has 1 saturated carbocycles. The minimum Gasteiger partial charge on any atom is -0.461 e. The van der Waals surface area contributed by atoms with Gasteiger partial charge >= 0.3 is 5.97 Å². The van der Waals surface area contributed by atoms with Gasteiger partial charge in [0.2, 0.25) is 0 Å². The average molecular weight is 357 g/mol. The van der Waals surface area contributed by atoms with E-state index in [1.807, 2.05) is 12.1 Å². The molecular weight excluding hydrogens is 330 g/mol. The summed E-state index contributed by atoms with van der Waals surface area (Å²) in [5.74, 6) is 0.346. The number of carbonyl (C=O) groups is 1. The van der Waals surface area contributed by atoms with Crippen LogP contribution in [-0.2, 0) is 14.9 Å². The monoisotopic (exact) mass is 356 g/mol. The fourth-order valence-electron chi connectivity index (χ4n) is 3.68. The molecule has 0 spiro atoms. The molecule has 1 unspecified atom stereocenters. The average Bonchev–Trinajstić information content (AvgIpc) is 2.86. The molecule has 1 aliphatic heterocycles. The fourth-order valence-corrected chi connectivity index (χ4v) is 4.94. The molecule has 1 aromatic rings. The number of rotatable bonds is 4. The third kappa shape index (κ3) is 3.45. The van der Waals surface area contributed by atoms with E-state index in [1.165, 1.54) is 17.8 Å². The van der Waals surface area contributed by atoms with E-state index in [9.17, 15) is 4.79 Å². The Balaban J connectivity index is 1.74. The van der Waals surface area contributed by atoms with Gasteiger partial charge in [-0.1, -0.05) is 18.0 Å². The molecule has 128 valence electrons. The van der Waals surface area contributed by atoms with Crippen molar-refractivity contribution >= 4 is 28.9 Å². The topological polar surface area (TPSA) is 26.3 Å². The third-order valence-corrected chi connectivity index (χ3v) is 7.29. The number of hydrogen-bond donors (Lipinski definition) is 0. The molecule has 3 nitrogen and oxygen atoms in total. The molecule has 2 heterocycles. The van der Waals surface area contributed by atoms with Gasteiger partial charge in [0, 0.05) is 17.7 Å². The van der Waals surface area contributed by atoms with E-state index in [1.54, 1.807) is 0 Å². The van der Waals surface area contributed by atoms with Crippen LogP contribution in [-0.4, -0.2) is 43.7 Å². The first kappa shape index (κ1) is 17.2. The first-order valence-corrected chi connectivity index (χ1v) is 9.79. The summed E-state index contributed by atoms with van der Waals surface area (Å²) in [7, 11) is 4.48. The maximum atomic E-state index is 13.1. The van der Waals surface area contributed by atoms with Gasteiger partial charge in [0.1, 0.15) is 11.5 Å². The molecule has 0 bridgehead atoms. The zero-order valence-corrected chi connectivity index (χ0v) is 15.9. The summed E-state index contributed by atoms with van der Waals surface area (Å²) in [5.41, 5.74) is -0.530. The number of thiophene rings is 1. The Bertz CT molecular complexity index is 571. The minimum atomic E-state index is -0.530. The maximum Gasteiger partial charge on any atom is 0.317 e. The Morgan fingerprint density at radius 3 is 2.39 bits per heavy atom. The second-order valence-electron chi connectivity index (χ2n) is 7.92. The van der Waals surface area contributed by atoms with E-state index in [4.69, 9.17) is 16.3 Å². The number of carbonyl (C=O) groups excluding carboxylic acids is 1. The Hall–Kier alpha value is -0.580. The highest BCUT2D eigenvalue weighted by Crippen LogP contribution is 2.47. The van der Waals surface area contributed by atoms with Crippen LogP contribution < -0.4 is 0 Å². The van der Waals surface area contributed by atoms with E-state index in [-0.39, 0.29) is 12.1 Å². The number of hydrogen-bond acceptors (Lipinski definition) is 3. The lowest BCUT2D eigenvalue weighted by Crippen LogP contribution is -2.50. The molecule has 0 aromatic carbocycles. The molecule has 1 atom stereocenters. The second kappa shape index (κ2) is 6.38. The largest absolute Gasteiger partial charge is 0.461 e. The summed E-state index contributed by atoms with van der Waals surface area (Å²) in [5, 5.41) is 0. The van der Waals surface area contributed by atoms with Crippen molar-refractivity contribution < 1.29 is 14.0 Å². The summed E-state index contributed by atoms with van der Waals surface area (Å²) < 4.78 is 7.75. The molecule has 2 fully saturated rings. The van der Waals surface area contributed by atoms with Gasteiger partial charge in [-0.25, -0.2) is 0 Å². The van der Waals surface area contributed by atoms with Crippen molar-refractivity contribution in [2.24, 2.45) is 5.92 Å². The number of halogens is 1. The molecule has 3 rings (SSSR count). The predicted octanol–water partition coefficient (Wildman–Crippen LogP) is 4.24. The molecule has 0 amide bonds. The Morgan fingerprint density at radius 1 is 1.26 bits per heavy atom.